The number of nitro benzene ring substituents is 1. The van der Waals surface area contributed by atoms with Gasteiger partial charge in [-0.2, -0.15) is 0 Å². The molecule has 2 rings (SSSR count). The summed E-state index contributed by atoms with van der Waals surface area (Å²) in [7, 11) is 0. The first-order chi connectivity index (χ1) is 9.52. The van der Waals surface area contributed by atoms with Crippen LogP contribution >= 0.6 is 0 Å². The van der Waals surface area contributed by atoms with E-state index in [0.29, 0.717) is 23.7 Å². The highest BCUT2D eigenvalue weighted by molar-refractivity contribution is 5.93. The van der Waals surface area contributed by atoms with Crippen molar-refractivity contribution in [3.8, 4) is 0 Å². The molecule has 8 nitrogen and oxygen atoms in total. The van der Waals surface area contributed by atoms with Crippen LogP contribution in [-0.2, 0) is 0 Å². The van der Waals surface area contributed by atoms with Gasteiger partial charge in [0.05, 0.1) is 10.6 Å². The molecule has 0 fully saturated rings. The molecule has 0 saturated heterocycles. The van der Waals surface area contributed by atoms with Gasteiger partial charge in [0.1, 0.15) is 0 Å². The standard InChI is InChI=1S/C12H17N5O3/c1-7(2)5-8(6-13)14-9-3-4-10(17(18)19)12-11(9)15-20-16-12/h3-4,7-8,14H,5-6,13H2,1-2H3. The smallest absolute Gasteiger partial charge is 0.300 e. The molecule has 0 bridgehead atoms. The Kier molecular flexibility index (Phi) is 4.14. The fraction of sp³-hybridized carbons (Fsp3) is 0.500. The summed E-state index contributed by atoms with van der Waals surface area (Å²) in [6.07, 6.45) is 0.889. The molecule has 0 radical (unpaired) electrons. The number of rotatable bonds is 6. The van der Waals surface area contributed by atoms with Gasteiger partial charge in [0.25, 0.3) is 0 Å². The molecule has 8 heteroatoms. The Morgan fingerprint density at radius 1 is 1.40 bits per heavy atom. The monoisotopic (exact) mass is 279 g/mol. The summed E-state index contributed by atoms with van der Waals surface area (Å²) in [4.78, 5) is 10.4. The molecule has 0 aliphatic carbocycles. The molecule has 1 atom stereocenters. The molecular formula is C12H17N5O3. The summed E-state index contributed by atoms with van der Waals surface area (Å²) in [5.74, 6) is 0.486. The molecule has 1 heterocycles. The molecule has 3 N–H and O–H groups in total. The lowest BCUT2D eigenvalue weighted by atomic mass is 10.0. The van der Waals surface area contributed by atoms with E-state index in [2.05, 4.69) is 34.1 Å². The zero-order chi connectivity index (χ0) is 14.7. The van der Waals surface area contributed by atoms with Crippen LogP contribution in [0.2, 0.25) is 0 Å². The lowest BCUT2D eigenvalue weighted by Gasteiger charge is -2.19. The van der Waals surface area contributed by atoms with Gasteiger partial charge >= 0.3 is 5.69 Å². The molecule has 0 spiro atoms. The zero-order valence-electron chi connectivity index (χ0n) is 11.4. The van der Waals surface area contributed by atoms with Crippen molar-refractivity contribution in [2.75, 3.05) is 11.9 Å². The Morgan fingerprint density at radius 2 is 2.10 bits per heavy atom. The van der Waals surface area contributed by atoms with Gasteiger partial charge in [-0.3, -0.25) is 10.1 Å². The van der Waals surface area contributed by atoms with E-state index in [1.54, 1.807) is 6.07 Å². The minimum atomic E-state index is -0.509. The number of nitrogens with two attached hydrogens (primary N) is 1. The van der Waals surface area contributed by atoms with E-state index >= 15 is 0 Å². The van der Waals surface area contributed by atoms with Gasteiger partial charge < -0.3 is 11.1 Å². The number of nitrogens with one attached hydrogen (secondary N) is 1. The molecule has 0 amide bonds. The number of aromatic nitrogens is 2. The average molecular weight is 279 g/mol. The van der Waals surface area contributed by atoms with Gasteiger partial charge in [0, 0.05) is 18.7 Å². The van der Waals surface area contributed by atoms with Crippen molar-refractivity contribution in [3.63, 3.8) is 0 Å². The topological polar surface area (TPSA) is 120 Å². The minimum absolute atomic E-state index is 0.0661. The van der Waals surface area contributed by atoms with Gasteiger partial charge in [-0.25, -0.2) is 4.63 Å². The van der Waals surface area contributed by atoms with Crippen LogP contribution in [0.1, 0.15) is 20.3 Å². The maximum absolute atomic E-state index is 10.9. The molecule has 0 aliphatic rings. The molecule has 20 heavy (non-hydrogen) atoms. The van der Waals surface area contributed by atoms with Crippen molar-refractivity contribution < 1.29 is 9.55 Å². The molecule has 1 unspecified atom stereocenters. The molecule has 108 valence electrons. The van der Waals surface area contributed by atoms with Gasteiger partial charge in [-0.05, 0) is 28.7 Å². The third-order valence-corrected chi connectivity index (χ3v) is 2.99. The first-order valence-corrected chi connectivity index (χ1v) is 6.39. The van der Waals surface area contributed by atoms with Crippen LogP contribution in [0.15, 0.2) is 16.8 Å². The van der Waals surface area contributed by atoms with Crippen molar-refractivity contribution in [2.24, 2.45) is 11.7 Å². The lowest BCUT2D eigenvalue weighted by molar-refractivity contribution is -0.383. The SMILES string of the molecule is CC(C)CC(CN)Nc1ccc([N+](=O)[O-])c2nonc12. The van der Waals surface area contributed by atoms with E-state index in [1.807, 2.05) is 0 Å². The van der Waals surface area contributed by atoms with E-state index in [9.17, 15) is 10.1 Å². The number of nitro groups is 1. The lowest BCUT2D eigenvalue weighted by Crippen LogP contribution is -2.30. The zero-order valence-corrected chi connectivity index (χ0v) is 11.4. The summed E-state index contributed by atoms with van der Waals surface area (Å²) < 4.78 is 4.62. The van der Waals surface area contributed by atoms with Crippen LogP contribution in [0, 0.1) is 16.0 Å². The second-order valence-electron chi connectivity index (χ2n) is 5.06. The van der Waals surface area contributed by atoms with E-state index < -0.39 is 4.92 Å². The molecule has 1 aromatic heterocycles. The number of anilines is 1. The number of hydrogen-bond acceptors (Lipinski definition) is 7. The fourth-order valence-corrected chi connectivity index (χ4v) is 2.12. The van der Waals surface area contributed by atoms with Crippen LogP contribution in [0.4, 0.5) is 11.4 Å². The van der Waals surface area contributed by atoms with Gasteiger partial charge in [-0.15, -0.1) is 0 Å². The first kappa shape index (κ1) is 14.2. The van der Waals surface area contributed by atoms with Crippen LogP contribution in [-0.4, -0.2) is 27.8 Å². The largest absolute Gasteiger partial charge is 0.379 e. The normalized spacial score (nSPS) is 12.8. The summed E-state index contributed by atoms with van der Waals surface area (Å²) in [6, 6.07) is 3.06. The van der Waals surface area contributed by atoms with E-state index in [0.717, 1.165) is 6.42 Å². The third kappa shape index (κ3) is 2.85. The Bertz CT molecular complexity index is 610. The van der Waals surface area contributed by atoms with E-state index in [4.69, 9.17) is 5.73 Å². The highest BCUT2D eigenvalue weighted by Gasteiger charge is 2.20. The number of non-ortho nitro benzene ring substituents is 1. The second kappa shape index (κ2) is 5.83. The molecule has 2 aromatic rings. The summed E-state index contributed by atoms with van der Waals surface area (Å²) >= 11 is 0. The number of nitrogens with zero attached hydrogens (tertiary/aromatic N) is 3. The second-order valence-corrected chi connectivity index (χ2v) is 5.06. The molecular weight excluding hydrogens is 262 g/mol. The van der Waals surface area contributed by atoms with Gasteiger partial charge in [0.2, 0.25) is 5.52 Å². The van der Waals surface area contributed by atoms with Crippen LogP contribution < -0.4 is 11.1 Å². The van der Waals surface area contributed by atoms with E-state index in [-0.39, 0.29) is 17.2 Å². The third-order valence-electron chi connectivity index (χ3n) is 2.99. The molecule has 0 saturated carbocycles. The highest BCUT2D eigenvalue weighted by atomic mass is 16.6. The molecule has 1 aromatic carbocycles. The first-order valence-electron chi connectivity index (χ1n) is 6.39. The van der Waals surface area contributed by atoms with Crippen molar-refractivity contribution in [1.82, 2.24) is 10.3 Å². The van der Waals surface area contributed by atoms with Crippen molar-refractivity contribution in [1.29, 1.82) is 0 Å². The van der Waals surface area contributed by atoms with Crippen LogP contribution in [0.5, 0.6) is 0 Å². The Morgan fingerprint density at radius 3 is 2.70 bits per heavy atom. The average Bonchev–Trinajstić information content (AvgIpc) is 2.86. The molecule has 0 aliphatic heterocycles. The summed E-state index contributed by atoms with van der Waals surface area (Å²) in [6.45, 7) is 4.67. The summed E-state index contributed by atoms with van der Waals surface area (Å²) in [5.41, 5.74) is 6.74. The van der Waals surface area contributed by atoms with Crippen molar-refractivity contribution >= 4 is 22.4 Å². The minimum Gasteiger partial charge on any atom is -0.379 e. The summed E-state index contributed by atoms with van der Waals surface area (Å²) in [5, 5.41) is 21.5. The van der Waals surface area contributed by atoms with Crippen LogP contribution in [0.25, 0.3) is 11.0 Å². The van der Waals surface area contributed by atoms with Crippen molar-refractivity contribution in [3.05, 3.63) is 22.2 Å². The quantitative estimate of drug-likeness (QED) is 0.612. The number of fused-ring (bicyclic) bond motifs is 1. The Hall–Kier alpha value is -2.22. The van der Waals surface area contributed by atoms with Gasteiger partial charge in [-0.1, -0.05) is 13.8 Å². The fourth-order valence-electron chi connectivity index (χ4n) is 2.12. The van der Waals surface area contributed by atoms with E-state index in [1.165, 1.54) is 6.07 Å². The predicted molar refractivity (Wildman–Crippen MR) is 74.4 cm³/mol. The maximum Gasteiger partial charge on any atom is 0.300 e. The highest BCUT2D eigenvalue weighted by Crippen LogP contribution is 2.29. The predicted octanol–water partition coefficient (Wildman–Crippen LogP) is 1.92. The van der Waals surface area contributed by atoms with Crippen LogP contribution in [0.3, 0.4) is 0 Å². The number of hydrogen-bond donors (Lipinski definition) is 2. The van der Waals surface area contributed by atoms with Gasteiger partial charge in [0.15, 0.2) is 5.52 Å². The Balaban J connectivity index is 2.33. The number of benzene rings is 1. The Labute approximate surface area is 115 Å². The van der Waals surface area contributed by atoms with Crippen molar-refractivity contribution in [2.45, 2.75) is 26.3 Å². The maximum atomic E-state index is 10.9.